The van der Waals surface area contributed by atoms with Crippen LogP contribution in [-0.4, -0.2) is 51.2 Å². The molecule has 2 atom stereocenters. The average molecular weight is 378 g/mol. The molecule has 0 aromatic carbocycles. The maximum Gasteiger partial charge on any atom is 0.307 e. The summed E-state index contributed by atoms with van der Waals surface area (Å²) in [4.78, 5) is 11.9. The third-order valence-electron chi connectivity index (χ3n) is 4.63. The molecule has 0 amide bonds. The SMILES string of the molecule is CCOC(=O)C[C@@H]1CCC[C@@H](C(C)C)N1S(=O)(=O)CC[Si](C)(C)C. The van der Waals surface area contributed by atoms with Gasteiger partial charge in [-0.2, -0.15) is 4.31 Å². The van der Waals surface area contributed by atoms with E-state index in [1.54, 1.807) is 11.2 Å². The topological polar surface area (TPSA) is 63.7 Å². The van der Waals surface area contributed by atoms with Gasteiger partial charge in [0.15, 0.2) is 0 Å². The summed E-state index contributed by atoms with van der Waals surface area (Å²) >= 11 is 0. The molecule has 1 heterocycles. The van der Waals surface area contributed by atoms with Crippen LogP contribution in [-0.2, 0) is 19.6 Å². The molecule has 142 valence electrons. The van der Waals surface area contributed by atoms with Crippen LogP contribution in [0, 0.1) is 5.92 Å². The Morgan fingerprint density at radius 3 is 2.38 bits per heavy atom. The summed E-state index contributed by atoms with van der Waals surface area (Å²) in [6.07, 6.45) is 2.76. The van der Waals surface area contributed by atoms with Gasteiger partial charge in [0.25, 0.3) is 0 Å². The predicted octanol–water partition coefficient (Wildman–Crippen LogP) is 3.49. The highest BCUT2D eigenvalue weighted by molar-refractivity contribution is 7.89. The number of carbonyl (C=O) groups is 1. The fourth-order valence-corrected chi connectivity index (χ4v) is 8.38. The van der Waals surface area contributed by atoms with Crippen LogP contribution in [0.15, 0.2) is 0 Å². The highest BCUT2D eigenvalue weighted by atomic mass is 32.2. The first-order valence-electron chi connectivity index (χ1n) is 9.14. The lowest BCUT2D eigenvalue weighted by Crippen LogP contribution is -2.53. The number of sulfonamides is 1. The predicted molar refractivity (Wildman–Crippen MR) is 101 cm³/mol. The third-order valence-corrected chi connectivity index (χ3v) is 8.68. The van der Waals surface area contributed by atoms with Crippen molar-refractivity contribution >= 4 is 24.1 Å². The van der Waals surface area contributed by atoms with Gasteiger partial charge in [-0.25, -0.2) is 8.42 Å². The minimum atomic E-state index is -3.36. The molecule has 0 bridgehead atoms. The van der Waals surface area contributed by atoms with Crippen molar-refractivity contribution in [1.29, 1.82) is 0 Å². The third kappa shape index (κ3) is 6.48. The molecule has 1 rings (SSSR count). The molecule has 0 spiro atoms. The van der Waals surface area contributed by atoms with Gasteiger partial charge in [0.05, 0.1) is 18.8 Å². The second kappa shape index (κ2) is 8.81. The van der Waals surface area contributed by atoms with Gasteiger partial charge < -0.3 is 4.74 Å². The van der Waals surface area contributed by atoms with Gasteiger partial charge in [0, 0.05) is 20.2 Å². The molecule has 0 unspecified atom stereocenters. The van der Waals surface area contributed by atoms with Crippen molar-refractivity contribution in [2.24, 2.45) is 5.92 Å². The first kappa shape index (κ1) is 21.6. The lowest BCUT2D eigenvalue weighted by atomic mass is 9.90. The highest BCUT2D eigenvalue weighted by Crippen LogP contribution is 2.33. The Hall–Kier alpha value is -0.403. The maximum atomic E-state index is 13.1. The minimum absolute atomic E-state index is 0.00943. The van der Waals surface area contributed by atoms with Crippen molar-refractivity contribution in [3.05, 3.63) is 0 Å². The molecule has 1 aliphatic heterocycles. The van der Waals surface area contributed by atoms with Gasteiger partial charge in [-0.3, -0.25) is 4.79 Å². The Morgan fingerprint density at radius 2 is 1.88 bits per heavy atom. The molecule has 0 radical (unpaired) electrons. The molecule has 1 saturated heterocycles. The second-order valence-corrected chi connectivity index (χ2v) is 16.0. The van der Waals surface area contributed by atoms with Gasteiger partial charge in [0.2, 0.25) is 10.0 Å². The molecule has 1 fully saturated rings. The Kier molecular flexibility index (Phi) is 7.94. The Labute approximate surface area is 149 Å². The summed E-state index contributed by atoms with van der Waals surface area (Å²) in [5, 5.41) is 0. The molecular formula is C17H35NO4SSi. The summed E-state index contributed by atoms with van der Waals surface area (Å²) in [6.45, 7) is 12.8. The summed E-state index contributed by atoms with van der Waals surface area (Å²) in [7, 11) is -4.80. The van der Waals surface area contributed by atoms with Crippen LogP contribution in [0.4, 0.5) is 0 Å². The fourth-order valence-electron chi connectivity index (χ4n) is 3.29. The molecule has 24 heavy (non-hydrogen) atoms. The minimum Gasteiger partial charge on any atom is -0.466 e. The van der Waals surface area contributed by atoms with E-state index in [9.17, 15) is 13.2 Å². The number of piperidine rings is 1. The lowest BCUT2D eigenvalue weighted by molar-refractivity contribution is -0.144. The van der Waals surface area contributed by atoms with Crippen LogP contribution >= 0.6 is 0 Å². The van der Waals surface area contributed by atoms with E-state index in [1.807, 2.05) is 0 Å². The van der Waals surface area contributed by atoms with Crippen LogP contribution in [0.25, 0.3) is 0 Å². The Morgan fingerprint density at radius 1 is 1.25 bits per heavy atom. The zero-order valence-electron chi connectivity index (χ0n) is 16.2. The number of esters is 1. The first-order chi connectivity index (χ1) is 11.0. The number of carbonyl (C=O) groups excluding carboxylic acids is 1. The van der Waals surface area contributed by atoms with Gasteiger partial charge in [0.1, 0.15) is 0 Å². The fraction of sp³-hybridized carbons (Fsp3) is 0.941. The molecule has 0 N–H and O–H groups in total. The largest absolute Gasteiger partial charge is 0.466 e. The quantitative estimate of drug-likeness (QED) is 0.480. The molecule has 7 heteroatoms. The van der Waals surface area contributed by atoms with Crippen LogP contribution in [0.2, 0.25) is 25.7 Å². The van der Waals surface area contributed by atoms with E-state index < -0.39 is 18.1 Å². The molecule has 0 aliphatic carbocycles. The number of hydrogen-bond donors (Lipinski definition) is 0. The van der Waals surface area contributed by atoms with Gasteiger partial charge in [-0.1, -0.05) is 39.9 Å². The van der Waals surface area contributed by atoms with E-state index in [2.05, 4.69) is 33.5 Å². The Bertz CT molecular complexity index is 513. The normalized spacial score (nSPS) is 23.5. The van der Waals surface area contributed by atoms with E-state index in [1.165, 1.54) is 0 Å². The number of ether oxygens (including phenoxy) is 1. The van der Waals surface area contributed by atoms with Crippen LogP contribution < -0.4 is 0 Å². The molecule has 1 aliphatic rings. The lowest BCUT2D eigenvalue weighted by Gasteiger charge is -2.43. The van der Waals surface area contributed by atoms with E-state index in [-0.39, 0.29) is 36.1 Å². The van der Waals surface area contributed by atoms with Crippen molar-refractivity contribution < 1.29 is 17.9 Å². The van der Waals surface area contributed by atoms with E-state index in [0.717, 1.165) is 25.3 Å². The van der Waals surface area contributed by atoms with Crippen molar-refractivity contribution in [1.82, 2.24) is 4.31 Å². The number of rotatable bonds is 8. The van der Waals surface area contributed by atoms with Crippen molar-refractivity contribution in [3.63, 3.8) is 0 Å². The van der Waals surface area contributed by atoms with Gasteiger partial charge >= 0.3 is 5.97 Å². The van der Waals surface area contributed by atoms with E-state index >= 15 is 0 Å². The van der Waals surface area contributed by atoms with Crippen LogP contribution in [0.3, 0.4) is 0 Å². The standard InChI is InChI=1S/C17H35NO4SSi/c1-7-22-17(19)13-15-9-8-10-16(14(2)3)18(15)23(20,21)11-12-24(4,5)6/h14-16H,7-13H2,1-6H3/t15-,16-/m0/s1. The Balaban J connectivity index is 3.02. The zero-order valence-corrected chi connectivity index (χ0v) is 18.0. The first-order valence-corrected chi connectivity index (χ1v) is 14.5. The van der Waals surface area contributed by atoms with Crippen molar-refractivity contribution in [2.75, 3.05) is 12.4 Å². The smallest absolute Gasteiger partial charge is 0.307 e. The zero-order chi connectivity index (χ0) is 18.5. The average Bonchev–Trinajstić information content (AvgIpc) is 2.44. The number of nitrogens with zero attached hydrogens (tertiary/aromatic N) is 1. The molecule has 0 saturated carbocycles. The van der Waals surface area contributed by atoms with Gasteiger partial charge in [-0.05, 0) is 31.7 Å². The van der Waals surface area contributed by atoms with Crippen molar-refractivity contribution in [3.8, 4) is 0 Å². The highest BCUT2D eigenvalue weighted by Gasteiger charge is 2.41. The molecular weight excluding hydrogens is 342 g/mol. The van der Waals surface area contributed by atoms with E-state index in [0.29, 0.717) is 6.61 Å². The van der Waals surface area contributed by atoms with Crippen LogP contribution in [0.1, 0.15) is 46.5 Å². The summed E-state index contributed by atoms with van der Waals surface area (Å²) in [6, 6.07) is 0.490. The maximum absolute atomic E-state index is 13.1. The van der Waals surface area contributed by atoms with Crippen molar-refractivity contribution in [2.45, 2.75) is 84.2 Å². The molecule has 0 aromatic rings. The summed E-state index contributed by atoms with van der Waals surface area (Å²) in [5.41, 5.74) is 0. The van der Waals surface area contributed by atoms with E-state index in [4.69, 9.17) is 4.74 Å². The van der Waals surface area contributed by atoms with Gasteiger partial charge in [-0.15, -0.1) is 0 Å². The number of hydrogen-bond acceptors (Lipinski definition) is 4. The molecule has 5 nitrogen and oxygen atoms in total. The second-order valence-electron chi connectivity index (χ2n) is 8.36. The summed E-state index contributed by atoms with van der Waals surface area (Å²) in [5.74, 6) is 0.152. The summed E-state index contributed by atoms with van der Waals surface area (Å²) < 4.78 is 32.9. The monoisotopic (exact) mass is 377 g/mol. The van der Waals surface area contributed by atoms with Crippen LogP contribution in [0.5, 0.6) is 0 Å². The molecule has 0 aromatic heterocycles.